The van der Waals surface area contributed by atoms with Crippen molar-refractivity contribution in [3.63, 3.8) is 0 Å². The fourth-order valence-corrected chi connectivity index (χ4v) is 6.91. The summed E-state index contributed by atoms with van der Waals surface area (Å²) in [5, 5.41) is 10.6. The number of nitrogens with two attached hydrogens (primary N) is 1. The molecule has 10 heteroatoms. The second kappa shape index (κ2) is 11.6. The molecule has 2 amide bonds. The molecule has 6 rings (SSSR count). The van der Waals surface area contributed by atoms with Crippen LogP contribution >= 0.6 is 0 Å². The fraction of sp³-hybridized carbons (Fsp3) is 0.786. The molecule has 0 bridgehead atoms. The van der Waals surface area contributed by atoms with Gasteiger partial charge in [-0.3, -0.25) is 0 Å². The van der Waals surface area contributed by atoms with Crippen LogP contribution in [0.15, 0.2) is 6.33 Å². The first-order chi connectivity index (χ1) is 18.6. The second-order valence-electron chi connectivity index (χ2n) is 12.1. The standard InChI is InChI=1S/C28H45N9O/c29-19-10-12-21(13-11-19)32-27-34-25(24-26(35-27)37(18-30-24)23-8-4-5-9-23)31-22-14-16-36(17-15-22)28(38)33-20-6-2-1-3-7-20/h18-23H,1-17,29H2,(H,33,38)(H2,31,32,34,35)/t19-,21-. The molecule has 208 valence electrons. The minimum atomic E-state index is 0.105. The van der Waals surface area contributed by atoms with E-state index in [-0.39, 0.29) is 12.1 Å². The molecule has 3 aliphatic carbocycles. The number of urea groups is 1. The van der Waals surface area contributed by atoms with Gasteiger partial charge in [0.25, 0.3) is 0 Å². The molecule has 2 aromatic heterocycles. The molecule has 10 nitrogen and oxygen atoms in total. The Morgan fingerprint density at radius 2 is 1.47 bits per heavy atom. The van der Waals surface area contributed by atoms with Gasteiger partial charge in [0, 0.05) is 43.3 Å². The molecule has 4 fully saturated rings. The van der Waals surface area contributed by atoms with Crippen LogP contribution < -0.4 is 21.7 Å². The van der Waals surface area contributed by atoms with E-state index in [2.05, 4.69) is 20.5 Å². The van der Waals surface area contributed by atoms with Gasteiger partial charge in [0.1, 0.15) is 0 Å². The largest absolute Gasteiger partial charge is 0.365 e. The molecule has 0 unspecified atom stereocenters. The topological polar surface area (TPSA) is 126 Å². The predicted molar refractivity (Wildman–Crippen MR) is 150 cm³/mol. The maximum atomic E-state index is 12.8. The summed E-state index contributed by atoms with van der Waals surface area (Å²) in [6.45, 7) is 1.52. The van der Waals surface area contributed by atoms with E-state index in [0.29, 0.717) is 30.1 Å². The molecule has 3 saturated carbocycles. The number of hydrogen-bond donors (Lipinski definition) is 4. The van der Waals surface area contributed by atoms with E-state index in [9.17, 15) is 4.79 Å². The summed E-state index contributed by atoms with van der Waals surface area (Å²) in [6.07, 6.45) is 18.8. The van der Waals surface area contributed by atoms with Gasteiger partial charge in [-0.15, -0.1) is 0 Å². The van der Waals surface area contributed by atoms with Gasteiger partial charge in [0.05, 0.1) is 6.33 Å². The minimum absolute atomic E-state index is 0.105. The third-order valence-electron chi connectivity index (χ3n) is 9.30. The zero-order chi connectivity index (χ0) is 25.9. The van der Waals surface area contributed by atoms with Crippen LogP contribution in [-0.4, -0.2) is 67.7 Å². The van der Waals surface area contributed by atoms with Gasteiger partial charge in [-0.2, -0.15) is 9.97 Å². The zero-order valence-corrected chi connectivity index (χ0v) is 22.7. The number of piperidine rings is 1. The molecule has 1 aliphatic heterocycles. The van der Waals surface area contributed by atoms with E-state index in [1.54, 1.807) is 0 Å². The number of imidazole rings is 1. The Morgan fingerprint density at radius 1 is 0.789 bits per heavy atom. The Morgan fingerprint density at radius 3 is 2.21 bits per heavy atom. The lowest BCUT2D eigenvalue weighted by molar-refractivity contribution is 0.176. The number of nitrogens with zero attached hydrogens (tertiary/aromatic N) is 5. The maximum absolute atomic E-state index is 12.8. The number of carbonyl (C=O) groups excluding carboxylic acids is 1. The number of fused-ring (bicyclic) bond motifs is 1. The van der Waals surface area contributed by atoms with Crippen molar-refractivity contribution in [1.29, 1.82) is 0 Å². The fourth-order valence-electron chi connectivity index (χ4n) is 6.91. The highest BCUT2D eigenvalue weighted by atomic mass is 16.2. The number of aromatic nitrogens is 4. The van der Waals surface area contributed by atoms with Gasteiger partial charge in [-0.05, 0) is 64.2 Å². The van der Waals surface area contributed by atoms with E-state index in [1.807, 2.05) is 11.2 Å². The quantitative estimate of drug-likeness (QED) is 0.438. The molecule has 1 saturated heterocycles. The zero-order valence-electron chi connectivity index (χ0n) is 22.7. The van der Waals surface area contributed by atoms with Crippen molar-refractivity contribution >= 4 is 29.0 Å². The molecule has 0 spiro atoms. The van der Waals surface area contributed by atoms with Crippen molar-refractivity contribution in [2.24, 2.45) is 5.73 Å². The van der Waals surface area contributed by atoms with Gasteiger partial charge in [-0.1, -0.05) is 32.1 Å². The molecule has 38 heavy (non-hydrogen) atoms. The van der Waals surface area contributed by atoms with Gasteiger partial charge < -0.3 is 31.2 Å². The van der Waals surface area contributed by atoms with Crippen molar-refractivity contribution in [3.8, 4) is 0 Å². The Balaban J connectivity index is 1.14. The molecular weight excluding hydrogens is 478 g/mol. The van der Waals surface area contributed by atoms with Crippen molar-refractivity contribution < 1.29 is 4.79 Å². The summed E-state index contributed by atoms with van der Waals surface area (Å²) in [5.74, 6) is 1.50. The van der Waals surface area contributed by atoms with Crippen LogP contribution in [0, 0.1) is 0 Å². The third kappa shape index (κ3) is 5.84. The average Bonchev–Trinajstić information content (AvgIpc) is 3.61. The van der Waals surface area contributed by atoms with E-state index < -0.39 is 0 Å². The maximum Gasteiger partial charge on any atom is 0.317 e. The summed E-state index contributed by atoms with van der Waals surface area (Å²) in [5.41, 5.74) is 7.91. The Hall–Kier alpha value is -2.62. The molecule has 0 atom stereocenters. The average molecular weight is 524 g/mol. The number of amides is 2. The molecule has 0 radical (unpaired) electrons. The lowest BCUT2D eigenvalue weighted by Crippen LogP contribution is -2.49. The number of hydrogen-bond acceptors (Lipinski definition) is 7. The van der Waals surface area contributed by atoms with Crippen LogP contribution in [0.5, 0.6) is 0 Å². The number of likely N-dealkylation sites (tertiary alicyclic amines) is 1. The first-order valence-electron chi connectivity index (χ1n) is 15.2. The van der Waals surface area contributed by atoms with Crippen LogP contribution in [0.2, 0.25) is 0 Å². The summed E-state index contributed by atoms with van der Waals surface area (Å²) < 4.78 is 2.27. The molecule has 3 heterocycles. The molecule has 5 N–H and O–H groups in total. The number of anilines is 2. The Kier molecular flexibility index (Phi) is 7.85. The van der Waals surface area contributed by atoms with Crippen LogP contribution in [-0.2, 0) is 0 Å². The first-order valence-corrected chi connectivity index (χ1v) is 15.2. The van der Waals surface area contributed by atoms with Gasteiger partial charge in [-0.25, -0.2) is 9.78 Å². The van der Waals surface area contributed by atoms with Crippen molar-refractivity contribution in [3.05, 3.63) is 6.33 Å². The summed E-state index contributed by atoms with van der Waals surface area (Å²) in [4.78, 5) is 29.5. The van der Waals surface area contributed by atoms with Crippen LogP contribution in [0.1, 0.15) is 102 Å². The highest BCUT2D eigenvalue weighted by Gasteiger charge is 2.28. The summed E-state index contributed by atoms with van der Waals surface area (Å²) in [6, 6.07) is 1.84. The monoisotopic (exact) mass is 523 g/mol. The van der Waals surface area contributed by atoms with Crippen molar-refractivity contribution in [1.82, 2.24) is 29.7 Å². The first kappa shape index (κ1) is 25.6. The van der Waals surface area contributed by atoms with Crippen LogP contribution in [0.4, 0.5) is 16.6 Å². The second-order valence-corrected chi connectivity index (χ2v) is 12.1. The van der Waals surface area contributed by atoms with Crippen LogP contribution in [0.3, 0.4) is 0 Å². The number of rotatable bonds is 6. The van der Waals surface area contributed by atoms with Gasteiger partial charge >= 0.3 is 6.03 Å². The Labute approximate surface area is 225 Å². The molecular formula is C28H45N9O. The molecule has 2 aromatic rings. The normalized spacial score (nSPS) is 26.1. The minimum Gasteiger partial charge on any atom is -0.365 e. The SMILES string of the molecule is N[C@H]1CC[C@H](Nc2nc(NC3CCN(C(=O)NC4CCCCC4)CC3)c3ncn(C4CCCC4)c3n2)CC1. The number of nitrogens with one attached hydrogen (secondary N) is 3. The highest BCUT2D eigenvalue weighted by Crippen LogP contribution is 2.34. The third-order valence-corrected chi connectivity index (χ3v) is 9.30. The Bertz CT molecular complexity index is 1080. The van der Waals surface area contributed by atoms with E-state index >= 15 is 0 Å². The van der Waals surface area contributed by atoms with Gasteiger partial charge in [0.2, 0.25) is 5.95 Å². The lowest BCUT2D eigenvalue weighted by Gasteiger charge is -2.34. The van der Waals surface area contributed by atoms with Gasteiger partial charge in [0.15, 0.2) is 17.0 Å². The summed E-state index contributed by atoms with van der Waals surface area (Å²) in [7, 11) is 0. The van der Waals surface area contributed by atoms with E-state index in [4.69, 9.17) is 20.7 Å². The van der Waals surface area contributed by atoms with Crippen molar-refractivity contribution in [2.75, 3.05) is 23.7 Å². The highest BCUT2D eigenvalue weighted by molar-refractivity contribution is 5.84. The molecule has 4 aliphatic rings. The smallest absolute Gasteiger partial charge is 0.317 e. The summed E-state index contributed by atoms with van der Waals surface area (Å²) >= 11 is 0. The lowest BCUT2D eigenvalue weighted by atomic mass is 9.92. The number of carbonyl (C=O) groups is 1. The van der Waals surface area contributed by atoms with Crippen molar-refractivity contribution in [2.45, 2.75) is 127 Å². The predicted octanol–water partition coefficient (Wildman–Crippen LogP) is 4.54. The van der Waals surface area contributed by atoms with Crippen LogP contribution in [0.25, 0.3) is 11.2 Å². The van der Waals surface area contributed by atoms with E-state index in [0.717, 1.165) is 81.4 Å². The molecule has 0 aromatic carbocycles. The van der Waals surface area contributed by atoms with E-state index in [1.165, 1.54) is 44.9 Å².